The summed E-state index contributed by atoms with van der Waals surface area (Å²) in [4.78, 5) is 24.6. The molecule has 6 nitrogen and oxygen atoms in total. The highest BCUT2D eigenvalue weighted by molar-refractivity contribution is 5.76. The number of carbonyl (C=O) groups excluding carboxylic acids is 2. The molecule has 0 aromatic rings. The predicted molar refractivity (Wildman–Crippen MR) is 357 cm³/mol. The van der Waals surface area contributed by atoms with E-state index in [1.807, 2.05) is 6.08 Å². The van der Waals surface area contributed by atoms with E-state index in [1.54, 1.807) is 6.08 Å². The monoisotopic (exact) mass is 1140 g/mol. The highest BCUT2D eigenvalue weighted by atomic mass is 16.5. The normalized spacial score (nSPS) is 12.5. The summed E-state index contributed by atoms with van der Waals surface area (Å²) in [6.45, 7) is 4.96. The molecule has 0 aliphatic heterocycles. The van der Waals surface area contributed by atoms with Gasteiger partial charge in [0.05, 0.1) is 25.4 Å². The number of hydrogen-bond donors (Lipinski definition) is 3. The highest BCUT2D eigenvalue weighted by Crippen LogP contribution is 2.20. The van der Waals surface area contributed by atoms with E-state index in [4.69, 9.17) is 4.74 Å². The number of aliphatic hydroxyl groups excluding tert-OH is 2. The van der Waals surface area contributed by atoms with Gasteiger partial charge in [-0.3, -0.25) is 9.59 Å². The van der Waals surface area contributed by atoms with Crippen LogP contribution in [0.15, 0.2) is 12.2 Å². The molecule has 0 bridgehead atoms. The first kappa shape index (κ1) is 79.6. The SMILES string of the molecule is CCCCCCCCCCCCCCCCCCCCC/C=C/C(O)C(CO)NC(=O)CCCCCCCCCCCCCCCCCCCCCCCCCCCCCOC(=O)CCCCCCCCCCCCCCCCCC. The zero-order chi connectivity index (χ0) is 58.5. The molecular weight excluding hydrogens is 995 g/mol. The first-order valence-corrected chi connectivity index (χ1v) is 37.5. The van der Waals surface area contributed by atoms with E-state index in [0.717, 1.165) is 38.5 Å². The Balaban J connectivity index is 3.36. The van der Waals surface area contributed by atoms with Crippen molar-refractivity contribution in [1.82, 2.24) is 5.32 Å². The van der Waals surface area contributed by atoms with Crippen LogP contribution in [0, 0.1) is 0 Å². The Kier molecular flexibility index (Phi) is 69.9. The molecule has 0 saturated carbocycles. The highest BCUT2D eigenvalue weighted by Gasteiger charge is 2.18. The molecule has 0 heterocycles. The van der Waals surface area contributed by atoms with E-state index < -0.39 is 12.1 Å². The summed E-state index contributed by atoms with van der Waals surface area (Å²) >= 11 is 0. The number of unbranched alkanes of at least 4 members (excludes halogenated alkanes) is 60. The molecule has 2 atom stereocenters. The van der Waals surface area contributed by atoms with Gasteiger partial charge in [-0.1, -0.05) is 398 Å². The fraction of sp³-hybridized carbons (Fsp3) is 0.947. The molecule has 6 heteroatoms. The van der Waals surface area contributed by atoms with Gasteiger partial charge in [-0.25, -0.2) is 0 Å². The van der Waals surface area contributed by atoms with Crippen molar-refractivity contribution in [2.45, 2.75) is 443 Å². The Hall–Kier alpha value is -1.40. The van der Waals surface area contributed by atoms with E-state index in [-0.39, 0.29) is 18.5 Å². The van der Waals surface area contributed by atoms with Gasteiger partial charge in [-0.15, -0.1) is 0 Å². The quantitative estimate of drug-likeness (QED) is 0.0320. The van der Waals surface area contributed by atoms with Crippen molar-refractivity contribution in [2.24, 2.45) is 0 Å². The minimum Gasteiger partial charge on any atom is -0.466 e. The van der Waals surface area contributed by atoms with Crippen LogP contribution in [0.5, 0.6) is 0 Å². The molecule has 0 fully saturated rings. The van der Waals surface area contributed by atoms with Gasteiger partial charge < -0.3 is 20.3 Å². The molecule has 2 unspecified atom stereocenters. The molecule has 0 rings (SSSR count). The number of hydrogen-bond acceptors (Lipinski definition) is 5. The smallest absolute Gasteiger partial charge is 0.305 e. The number of esters is 1. The van der Waals surface area contributed by atoms with Crippen molar-refractivity contribution >= 4 is 11.9 Å². The van der Waals surface area contributed by atoms with Crippen LogP contribution < -0.4 is 5.32 Å². The third kappa shape index (κ3) is 67.6. The largest absolute Gasteiger partial charge is 0.466 e. The molecule has 0 aromatic carbocycles. The maximum absolute atomic E-state index is 12.5. The fourth-order valence-electron chi connectivity index (χ4n) is 12.1. The van der Waals surface area contributed by atoms with E-state index in [1.165, 1.54) is 366 Å². The van der Waals surface area contributed by atoms with Gasteiger partial charge in [0.25, 0.3) is 0 Å². The van der Waals surface area contributed by atoms with Crippen molar-refractivity contribution < 1.29 is 24.5 Å². The summed E-state index contributed by atoms with van der Waals surface area (Å²) in [5.74, 6) is -0.0379. The number of carbonyl (C=O) groups is 2. The van der Waals surface area contributed by atoms with Crippen LogP contribution in [-0.2, 0) is 14.3 Å². The number of rotatable bonds is 71. The summed E-state index contributed by atoms with van der Waals surface area (Å²) in [7, 11) is 0. The Morgan fingerprint density at radius 1 is 0.333 bits per heavy atom. The van der Waals surface area contributed by atoms with Crippen molar-refractivity contribution in [3.05, 3.63) is 12.2 Å². The number of nitrogens with one attached hydrogen (secondary N) is 1. The van der Waals surface area contributed by atoms with E-state index >= 15 is 0 Å². The van der Waals surface area contributed by atoms with Crippen LogP contribution in [0.3, 0.4) is 0 Å². The van der Waals surface area contributed by atoms with Gasteiger partial charge in [0.1, 0.15) is 0 Å². The van der Waals surface area contributed by atoms with Crippen molar-refractivity contribution in [3.8, 4) is 0 Å². The predicted octanol–water partition coefficient (Wildman–Crippen LogP) is 24.3. The summed E-state index contributed by atoms with van der Waals surface area (Å²) in [6, 6.07) is -0.626. The standard InChI is InChI=1S/C75H147NO5/c1-3-5-7-9-11-13-15-17-19-21-22-30-33-36-39-43-47-51-55-59-63-67-73(78)72(71-77)76-74(79)68-64-60-56-52-48-44-40-37-34-31-28-26-24-23-25-27-29-32-35-38-42-46-50-54-58-62-66-70-81-75(80)69-65-61-57-53-49-45-41-20-18-16-14-12-10-8-6-4-2/h63,67,72-73,77-78H,3-62,64-66,68-71H2,1-2H3,(H,76,79)/b67-63+. The van der Waals surface area contributed by atoms with Crippen LogP contribution in [0.25, 0.3) is 0 Å². The minimum atomic E-state index is -0.843. The average Bonchev–Trinajstić information content (AvgIpc) is 3.47. The summed E-state index contributed by atoms with van der Waals surface area (Å²) in [5, 5.41) is 23.3. The Morgan fingerprint density at radius 3 is 0.840 bits per heavy atom. The topological polar surface area (TPSA) is 95.9 Å². The average molecular weight is 1140 g/mol. The lowest BCUT2D eigenvalue weighted by molar-refractivity contribution is -0.143. The lowest BCUT2D eigenvalue weighted by Crippen LogP contribution is -2.45. The van der Waals surface area contributed by atoms with Crippen LogP contribution in [0.1, 0.15) is 431 Å². The van der Waals surface area contributed by atoms with Gasteiger partial charge in [-0.2, -0.15) is 0 Å². The number of aliphatic hydroxyl groups is 2. The summed E-state index contributed by atoms with van der Waals surface area (Å²) in [5.41, 5.74) is 0. The molecule has 0 spiro atoms. The summed E-state index contributed by atoms with van der Waals surface area (Å²) in [6.07, 6.45) is 88.8. The molecule has 81 heavy (non-hydrogen) atoms. The second-order valence-corrected chi connectivity index (χ2v) is 26.0. The summed E-state index contributed by atoms with van der Waals surface area (Å²) < 4.78 is 5.51. The van der Waals surface area contributed by atoms with Crippen LogP contribution in [0.2, 0.25) is 0 Å². The molecule has 482 valence electrons. The van der Waals surface area contributed by atoms with E-state index in [9.17, 15) is 19.8 Å². The Labute approximate surface area is 508 Å². The van der Waals surface area contributed by atoms with Gasteiger partial charge in [0.15, 0.2) is 0 Å². The first-order valence-electron chi connectivity index (χ1n) is 37.5. The number of allylic oxidation sites excluding steroid dienone is 1. The lowest BCUT2D eigenvalue weighted by atomic mass is 10.0. The first-order chi connectivity index (χ1) is 40.0. The molecule has 0 aliphatic carbocycles. The molecule has 0 aliphatic rings. The molecule has 0 saturated heterocycles. The maximum Gasteiger partial charge on any atom is 0.305 e. The third-order valence-electron chi connectivity index (χ3n) is 17.8. The van der Waals surface area contributed by atoms with Gasteiger partial charge in [-0.05, 0) is 32.1 Å². The zero-order valence-electron chi connectivity index (χ0n) is 55.3. The lowest BCUT2D eigenvalue weighted by Gasteiger charge is -2.20. The Morgan fingerprint density at radius 2 is 0.568 bits per heavy atom. The second kappa shape index (κ2) is 71.1. The van der Waals surface area contributed by atoms with Gasteiger partial charge in [0.2, 0.25) is 5.91 Å². The molecule has 1 amide bonds. The number of ether oxygens (including phenoxy) is 1. The van der Waals surface area contributed by atoms with Gasteiger partial charge >= 0.3 is 5.97 Å². The molecular formula is C75H147NO5. The zero-order valence-corrected chi connectivity index (χ0v) is 55.3. The van der Waals surface area contributed by atoms with Crippen LogP contribution in [-0.4, -0.2) is 47.4 Å². The van der Waals surface area contributed by atoms with E-state index in [0.29, 0.717) is 19.4 Å². The second-order valence-electron chi connectivity index (χ2n) is 26.0. The van der Waals surface area contributed by atoms with Crippen molar-refractivity contribution in [1.29, 1.82) is 0 Å². The van der Waals surface area contributed by atoms with Crippen LogP contribution >= 0.6 is 0 Å². The van der Waals surface area contributed by atoms with Crippen molar-refractivity contribution in [3.63, 3.8) is 0 Å². The van der Waals surface area contributed by atoms with Gasteiger partial charge in [0, 0.05) is 12.8 Å². The Bertz CT molecular complexity index is 1220. The maximum atomic E-state index is 12.5. The minimum absolute atomic E-state index is 0.0224. The van der Waals surface area contributed by atoms with Crippen molar-refractivity contribution in [2.75, 3.05) is 13.2 Å². The molecule has 0 aromatic heterocycles. The number of amides is 1. The fourth-order valence-corrected chi connectivity index (χ4v) is 12.1. The van der Waals surface area contributed by atoms with E-state index in [2.05, 4.69) is 19.2 Å². The third-order valence-corrected chi connectivity index (χ3v) is 17.8. The molecule has 3 N–H and O–H groups in total. The van der Waals surface area contributed by atoms with Crippen LogP contribution in [0.4, 0.5) is 0 Å². The molecule has 0 radical (unpaired) electrons.